The smallest absolute Gasteiger partial charge is 0.0992 e. The first-order chi connectivity index (χ1) is 28.6. The molecule has 4 nitrogen and oxygen atoms in total. The van der Waals surface area contributed by atoms with Gasteiger partial charge in [-0.25, -0.2) is 0 Å². The molecule has 0 amide bonds. The summed E-state index contributed by atoms with van der Waals surface area (Å²) in [5.74, 6) is 0. The molecular weight excluding hydrogens is 705 g/mol. The van der Waals surface area contributed by atoms with Crippen molar-refractivity contribution in [3.05, 3.63) is 223 Å². The minimum atomic E-state index is -0.263. The first-order valence-electron chi connectivity index (χ1n) is 19.7. The highest BCUT2D eigenvalue weighted by molar-refractivity contribution is 6.11. The Hall–Kier alpha value is -7.74. The molecule has 0 saturated heterocycles. The summed E-state index contributed by atoms with van der Waals surface area (Å²) < 4.78 is 2.20. The number of anilines is 3. The molecule has 0 spiro atoms. The number of hydrogen-bond donors (Lipinski definition) is 0. The Morgan fingerprint density at radius 2 is 1.22 bits per heavy atom. The minimum Gasteiger partial charge on any atom is -0.310 e. The Morgan fingerprint density at radius 3 is 1.95 bits per heavy atom. The van der Waals surface area contributed by atoms with Crippen LogP contribution in [0.2, 0.25) is 0 Å². The van der Waals surface area contributed by atoms with Gasteiger partial charge in [0.2, 0.25) is 0 Å². The van der Waals surface area contributed by atoms with Crippen LogP contribution in [-0.4, -0.2) is 9.55 Å². The number of nitrogens with zero attached hydrogens (tertiary/aromatic N) is 4. The molecule has 11 rings (SSSR count). The van der Waals surface area contributed by atoms with Gasteiger partial charge in [0.25, 0.3) is 0 Å². The van der Waals surface area contributed by atoms with Crippen LogP contribution in [0.25, 0.3) is 60.5 Å². The van der Waals surface area contributed by atoms with Crippen LogP contribution in [0.5, 0.6) is 0 Å². The van der Waals surface area contributed by atoms with Gasteiger partial charge in [-0.1, -0.05) is 121 Å². The summed E-state index contributed by atoms with van der Waals surface area (Å²) in [7, 11) is 0. The molecule has 0 unspecified atom stereocenters. The van der Waals surface area contributed by atoms with Gasteiger partial charge in [-0.05, 0) is 118 Å². The van der Waals surface area contributed by atoms with E-state index in [1.165, 1.54) is 38.6 Å². The van der Waals surface area contributed by atoms with E-state index in [0.717, 1.165) is 55.7 Å². The third-order valence-corrected chi connectivity index (χ3v) is 12.2. The topological polar surface area (TPSA) is 44.9 Å². The highest BCUT2D eigenvalue weighted by atomic mass is 15.1. The standard InChI is InChI=1S/C54H36N4/c1-54(49-16-6-4-14-45(49)46-15-5-7-17-50(46)54)40-23-27-42(28-24-40)57(51-18-8-11-38-10-2-3-13-44(38)51)41-25-20-37(21-26-41)39-22-30-52-48(33-39)47-29-19-36(34-55)32-53(47)58(52)43-12-9-31-56-35-43/h2-33,35H,1H3. The highest BCUT2D eigenvalue weighted by Crippen LogP contribution is 2.52. The number of aromatic nitrogens is 2. The molecule has 0 N–H and O–H groups in total. The highest BCUT2D eigenvalue weighted by Gasteiger charge is 2.40. The molecule has 0 bridgehead atoms. The van der Waals surface area contributed by atoms with Crippen molar-refractivity contribution in [2.45, 2.75) is 12.3 Å². The predicted octanol–water partition coefficient (Wildman–Crippen LogP) is 13.7. The number of hydrogen-bond acceptors (Lipinski definition) is 3. The van der Waals surface area contributed by atoms with E-state index in [1.54, 1.807) is 6.20 Å². The zero-order valence-corrected chi connectivity index (χ0v) is 31.8. The first kappa shape index (κ1) is 33.6. The molecule has 0 saturated carbocycles. The third kappa shape index (κ3) is 5.11. The molecule has 272 valence electrons. The molecule has 0 atom stereocenters. The molecule has 8 aromatic carbocycles. The fourth-order valence-corrected chi connectivity index (χ4v) is 9.38. The zero-order chi connectivity index (χ0) is 38.8. The molecule has 1 aliphatic carbocycles. The average Bonchev–Trinajstić information content (AvgIpc) is 3.76. The van der Waals surface area contributed by atoms with Gasteiger partial charge in [0, 0.05) is 39.1 Å². The summed E-state index contributed by atoms with van der Waals surface area (Å²) >= 11 is 0. The number of fused-ring (bicyclic) bond motifs is 7. The van der Waals surface area contributed by atoms with Gasteiger partial charge in [0.05, 0.1) is 40.2 Å². The van der Waals surface area contributed by atoms with Crippen molar-refractivity contribution in [3.8, 4) is 34.0 Å². The van der Waals surface area contributed by atoms with E-state index in [1.807, 2.05) is 24.4 Å². The predicted molar refractivity (Wildman–Crippen MR) is 238 cm³/mol. The summed E-state index contributed by atoms with van der Waals surface area (Å²) in [6.07, 6.45) is 3.65. The van der Waals surface area contributed by atoms with E-state index in [-0.39, 0.29) is 5.41 Å². The van der Waals surface area contributed by atoms with Gasteiger partial charge in [-0.3, -0.25) is 4.98 Å². The lowest BCUT2D eigenvalue weighted by Gasteiger charge is -2.30. The summed E-state index contributed by atoms with van der Waals surface area (Å²) in [4.78, 5) is 6.78. The maximum atomic E-state index is 9.74. The SMILES string of the molecule is CC1(c2ccc(N(c3ccc(-c4ccc5c(c4)c4ccc(C#N)cc4n5-c4cccnc4)cc3)c3cccc4ccccc34)cc2)c2ccccc2-c2ccccc21. The van der Waals surface area contributed by atoms with E-state index in [9.17, 15) is 5.26 Å². The van der Waals surface area contributed by atoms with E-state index >= 15 is 0 Å². The lowest BCUT2D eigenvalue weighted by Crippen LogP contribution is -2.22. The van der Waals surface area contributed by atoms with Crippen LogP contribution in [0, 0.1) is 11.3 Å². The molecule has 10 aromatic rings. The Labute approximate surface area is 337 Å². The summed E-state index contributed by atoms with van der Waals surface area (Å²) in [6.45, 7) is 2.37. The second-order valence-corrected chi connectivity index (χ2v) is 15.3. The van der Waals surface area contributed by atoms with Crippen LogP contribution in [0.4, 0.5) is 17.1 Å². The molecule has 1 aliphatic rings. The maximum absolute atomic E-state index is 9.74. The lowest BCUT2D eigenvalue weighted by atomic mass is 9.74. The molecule has 0 fully saturated rings. The Bertz CT molecular complexity index is 3190. The quantitative estimate of drug-likeness (QED) is 0.170. The van der Waals surface area contributed by atoms with E-state index in [2.05, 4.69) is 197 Å². The lowest BCUT2D eigenvalue weighted by molar-refractivity contribution is 0.714. The normalized spacial score (nSPS) is 12.7. The summed E-state index contributed by atoms with van der Waals surface area (Å²) in [5, 5.41) is 14.4. The van der Waals surface area contributed by atoms with Gasteiger partial charge in [0.15, 0.2) is 0 Å². The van der Waals surface area contributed by atoms with Gasteiger partial charge in [-0.2, -0.15) is 5.26 Å². The van der Waals surface area contributed by atoms with Crippen molar-refractivity contribution in [2.75, 3.05) is 4.90 Å². The molecule has 58 heavy (non-hydrogen) atoms. The molecule has 4 heteroatoms. The minimum absolute atomic E-state index is 0.263. The Morgan fingerprint density at radius 1 is 0.552 bits per heavy atom. The van der Waals surface area contributed by atoms with Crippen molar-refractivity contribution < 1.29 is 0 Å². The fraction of sp³-hybridized carbons (Fsp3) is 0.0370. The van der Waals surface area contributed by atoms with Gasteiger partial charge < -0.3 is 9.47 Å². The molecule has 0 aliphatic heterocycles. The van der Waals surface area contributed by atoms with Crippen LogP contribution in [-0.2, 0) is 5.41 Å². The van der Waals surface area contributed by atoms with Crippen LogP contribution in [0.15, 0.2) is 200 Å². The van der Waals surface area contributed by atoms with Gasteiger partial charge >= 0.3 is 0 Å². The van der Waals surface area contributed by atoms with Crippen LogP contribution >= 0.6 is 0 Å². The van der Waals surface area contributed by atoms with Crippen molar-refractivity contribution >= 4 is 49.6 Å². The Kier molecular flexibility index (Phi) is 7.64. The second kappa shape index (κ2) is 13.2. The fourth-order valence-electron chi connectivity index (χ4n) is 9.38. The van der Waals surface area contributed by atoms with Crippen LogP contribution in [0.1, 0.15) is 29.2 Å². The molecule has 2 heterocycles. The van der Waals surface area contributed by atoms with E-state index in [4.69, 9.17) is 0 Å². The summed E-state index contributed by atoms with van der Waals surface area (Å²) in [5.41, 5.74) is 15.5. The van der Waals surface area contributed by atoms with E-state index < -0.39 is 0 Å². The van der Waals surface area contributed by atoms with E-state index in [0.29, 0.717) is 5.56 Å². The number of nitriles is 1. The molecular formula is C54H36N4. The summed E-state index contributed by atoms with van der Waals surface area (Å²) in [6, 6.07) is 69.9. The average molecular weight is 741 g/mol. The van der Waals surface area contributed by atoms with Crippen molar-refractivity contribution in [1.82, 2.24) is 9.55 Å². The second-order valence-electron chi connectivity index (χ2n) is 15.3. The largest absolute Gasteiger partial charge is 0.310 e. The zero-order valence-electron chi connectivity index (χ0n) is 31.8. The van der Waals surface area contributed by atoms with Crippen molar-refractivity contribution in [1.29, 1.82) is 5.26 Å². The van der Waals surface area contributed by atoms with Crippen LogP contribution in [0.3, 0.4) is 0 Å². The maximum Gasteiger partial charge on any atom is 0.0992 e. The molecule has 2 aromatic heterocycles. The monoisotopic (exact) mass is 740 g/mol. The van der Waals surface area contributed by atoms with Crippen molar-refractivity contribution in [2.24, 2.45) is 0 Å². The number of pyridine rings is 1. The van der Waals surface area contributed by atoms with Crippen molar-refractivity contribution in [3.63, 3.8) is 0 Å². The third-order valence-electron chi connectivity index (χ3n) is 12.2. The Balaban J connectivity index is 1.02. The van der Waals surface area contributed by atoms with Gasteiger partial charge in [0.1, 0.15) is 0 Å². The molecule has 0 radical (unpaired) electrons. The number of benzene rings is 8. The van der Waals surface area contributed by atoms with Crippen LogP contribution < -0.4 is 4.90 Å². The first-order valence-corrected chi connectivity index (χ1v) is 19.7. The number of rotatable bonds is 6. The van der Waals surface area contributed by atoms with Gasteiger partial charge in [-0.15, -0.1) is 0 Å².